The van der Waals surface area contributed by atoms with Gasteiger partial charge in [-0.25, -0.2) is 4.39 Å². The molecule has 0 radical (unpaired) electrons. The molecule has 0 bridgehead atoms. The second-order valence-electron chi connectivity index (χ2n) is 8.04. The van der Waals surface area contributed by atoms with Gasteiger partial charge in [0.1, 0.15) is 23.9 Å². The highest BCUT2D eigenvalue weighted by molar-refractivity contribution is 6.30. The average Bonchev–Trinajstić information content (AvgIpc) is 2.86. The molecule has 4 rings (SSSR count). The van der Waals surface area contributed by atoms with Crippen LogP contribution in [0.2, 0.25) is 5.02 Å². The number of Topliss-reactive ketones (excluding diaryl/α,β-unsaturated/α-hetero) is 1. The number of halogens is 2. The van der Waals surface area contributed by atoms with E-state index in [1.54, 1.807) is 12.1 Å². The molecule has 2 aliphatic heterocycles. The van der Waals surface area contributed by atoms with Crippen molar-refractivity contribution in [1.29, 1.82) is 0 Å². The SMILES string of the molecule is O=C(CN1C(=O)COc2ccc(C(=O)COc3ccc(F)c(Cl)c3)cc21)NCCN1CCOCC1. The van der Waals surface area contributed by atoms with Crippen LogP contribution in [0.5, 0.6) is 11.5 Å². The number of nitrogens with one attached hydrogen (secondary N) is 1. The maximum absolute atomic E-state index is 13.3. The maximum atomic E-state index is 13.3. The number of ketones is 1. The maximum Gasteiger partial charge on any atom is 0.265 e. The van der Waals surface area contributed by atoms with E-state index < -0.39 is 5.82 Å². The second-order valence-corrected chi connectivity index (χ2v) is 8.45. The first-order valence-electron chi connectivity index (χ1n) is 11.2. The van der Waals surface area contributed by atoms with E-state index in [1.807, 2.05) is 0 Å². The number of hydrogen-bond acceptors (Lipinski definition) is 7. The van der Waals surface area contributed by atoms with E-state index in [0.717, 1.165) is 19.2 Å². The molecule has 0 unspecified atom stereocenters. The lowest BCUT2D eigenvalue weighted by molar-refractivity contribution is -0.125. The standard InChI is InChI=1S/C24H25ClFN3O6/c25-18-12-17(2-3-19(18)26)34-14-21(30)16-1-4-22-20(11-16)29(24(32)15-35-22)13-23(31)27-5-6-28-7-9-33-10-8-28/h1-4,11-12H,5-10,13-15H2,(H,27,31). The molecule has 9 nitrogen and oxygen atoms in total. The lowest BCUT2D eigenvalue weighted by Gasteiger charge is -2.29. The van der Waals surface area contributed by atoms with Crippen LogP contribution in [0.4, 0.5) is 10.1 Å². The number of carbonyl (C=O) groups is 3. The normalized spacial score (nSPS) is 15.8. The van der Waals surface area contributed by atoms with Crippen LogP contribution in [-0.2, 0) is 14.3 Å². The zero-order chi connectivity index (χ0) is 24.8. The Kier molecular flexibility index (Phi) is 8.17. The quantitative estimate of drug-likeness (QED) is 0.520. The minimum absolute atomic E-state index is 0.113. The van der Waals surface area contributed by atoms with Crippen molar-refractivity contribution in [3.8, 4) is 11.5 Å². The summed E-state index contributed by atoms with van der Waals surface area (Å²) in [5.74, 6) is -1.02. The van der Waals surface area contributed by atoms with Gasteiger partial charge in [-0.3, -0.25) is 24.2 Å². The van der Waals surface area contributed by atoms with Crippen LogP contribution in [0, 0.1) is 5.82 Å². The van der Waals surface area contributed by atoms with Crippen molar-refractivity contribution in [3.63, 3.8) is 0 Å². The summed E-state index contributed by atoms with van der Waals surface area (Å²) in [5.41, 5.74) is 0.605. The molecule has 0 atom stereocenters. The first-order valence-corrected chi connectivity index (χ1v) is 11.5. The van der Waals surface area contributed by atoms with E-state index in [0.29, 0.717) is 37.7 Å². The van der Waals surface area contributed by atoms with Crippen molar-refractivity contribution in [2.24, 2.45) is 0 Å². The van der Waals surface area contributed by atoms with Gasteiger partial charge < -0.3 is 19.5 Å². The third kappa shape index (κ3) is 6.47. The van der Waals surface area contributed by atoms with Gasteiger partial charge in [-0.05, 0) is 30.3 Å². The summed E-state index contributed by atoms with van der Waals surface area (Å²) in [7, 11) is 0. The molecule has 2 amide bonds. The molecule has 2 aromatic rings. The van der Waals surface area contributed by atoms with E-state index in [-0.39, 0.29) is 53.7 Å². The van der Waals surface area contributed by atoms with Crippen LogP contribution >= 0.6 is 11.6 Å². The highest BCUT2D eigenvalue weighted by Crippen LogP contribution is 2.33. The van der Waals surface area contributed by atoms with Gasteiger partial charge in [0.2, 0.25) is 5.91 Å². The third-order valence-corrected chi connectivity index (χ3v) is 5.93. The molecule has 11 heteroatoms. The molecule has 1 N–H and O–H groups in total. The van der Waals surface area contributed by atoms with Gasteiger partial charge >= 0.3 is 0 Å². The van der Waals surface area contributed by atoms with Gasteiger partial charge in [0.15, 0.2) is 19.0 Å². The van der Waals surface area contributed by atoms with Gasteiger partial charge in [-0.15, -0.1) is 0 Å². The fourth-order valence-electron chi connectivity index (χ4n) is 3.73. The third-order valence-electron chi connectivity index (χ3n) is 5.64. The zero-order valence-electron chi connectivity index (χ0n) is 18.9. The molecule has 0 aromatic heterocycles. The molecule has 1 fully saturated rings. The minimum atomic E-state index is -0.588. The molecular formula is C24H25ClFN3O6. The van der Waals surface area contributed by atoms with Crippen LogP contribution < -0.4 is 19.7 Å². The number of rotatable bonds is 9. The zero-order valence-corrected chi connectivity index (χ0v) is 19.7. The molecule has 2 aromatic carbocycles. The Balaban J connectivity index is 1.37. The summed E-state index contributed by atoms with van der Waals surface area (Å²) < 4.78 is 29.5. The van der Waals surface area contributed by atoms with Crippen molar-refractivity contribution in [3.05, 3.63) is 52.8 Å². The monoisotopic (exact) mass is 505 g/mol. The largest absolute Gasteiger partial charge is 0.485 e. The molecule has 0 aliphatic carbocycles. The van der Waals surface area contributed by atoms with Gasteiger partial charge in [0.05, 0.1) is 23.9 Å². The summed E-state index contributed by atoms with van der Waals surface area (Å²) in [4.78, 5) is 41.2. The number of ether oxygens (including phenoxy) is 3. The highest BCUT2D eigenvalue weighted by atomic mass is 35.5. The van der Waals surface area contributed by atoms with E-state index in [2.05, 4.69) is 10.2 Å². The van der Waals surface area contributed by atoms with Crippen molar-refractivity contribution in [2.45, 2.75) is 0 Å². The lowest BCUT2D eigenvalue weighted by atomic mass is 10.1. The minimum Gasteiger partial charge on any atom is -0.485 e. The van der Waals surface area contributed by atoms with Crippen LogP contribution in [0.25, 0.3) is 0 Å². The number of nitrogens with zero attached hydrogens (tertiary/aromatic N) is 2. The Morgan fingerprint density at radius 3 is 2.71 bits per heavy atom. The van der Waals surface area contributed by atoms with Crippen molar-refractivity contribution >= 4 is 34.9 Å². The molecule has 1 saturated heterocycles. The summed E-state index contributed by atoms with van der Waals surface area (Å²) in [6.07, 6.45) is 0. The van der Waals surface area contributed by atoms with Crippen molar-refractivity contribution < 1.29 is 33.0 Å². The van der Waals surface area contributed by atoms with Crippen LogP contribution in [-0.4, -0.2) is 81.6 Å². The number of hydrogen-bond donors (Lipinski definition) is 1. The number of benzene rings is 2. The first-order chi connectivity index (χ1) is 16.9. The van der Waals surface area contributed by atoms with Crippen molar-refractivity contribution in [2.75, 3.05) is 64.1 Å². The molecule has 2 heterocycles. The smallest absolute Gasteiger partial charge is 0.265 e. The number of morpholine rings is 1. The van der Waals surface area contributed by atoms with Gasteiger partial charge in [-0.1, -0.05) is 11.6 Å². The van der Waals surface area contributed by atoms with Crippen LogP contribution in [0.15, 0.2) is 36.4 Å². The molecule has 0 spiro atoms. The lowest BCUT2D eigenvalue weighted by Crippen LogP contribution is -2.47. The van der Waals surface area contributed by atoms with Crippen LogP contribution in [0.1, 0.15) is 10.4 Å². The van der Waals surface area contributed by atoms with E-state index in [1.165, 1.54) is 23.1 Å². The molecular weight excluding hydrogens is 481 g/mol. The average molecular weight is 506 g/mol. The number of fused-ring (bicyclic) bond motifs is 1. The highest BCUT2D eigenvalue weighted by Gasteiger charge is 2.28. The summed E-state index contributed by atoms with van der Waals surface area (Å²) in [6.45, 7) is 3.43. The molecule has 0 saturated carbocycles. The fraction of sp³-hybridized carbons (Fsp3) is 0.375. The Morgan fingerprint density at radius 2 is 1.94 bits per heavy atom. The second kappa shape index (κ2) is 11.5. The van der Waals surface area contributed by atoms with Gasteiger partial charge in [-0.2, -0.15) is 0 Å². The van der Waals surface area contributed by atoms with Crippen molar-refractivity contribution in [1.82, 2.24) is 10.2 Å². The molecule has 186 valence electrons. The predicted molar refractivity (Wildman–Crippen MR) is 126 cm³/mol. The first kappa shape index (κ1) is 24.9. The van der Waals surface area contributed by atoms with E-state index >= 15 is 0 Å². The Labute approximate surface area is 206 Å². The fourth-order valence-corrected chi connectivity index (χ4v) is 3.90. The van der Waals surface area contributed by atoms with E-state index in [9.17, 15) is 18.8 Å². The Morgan fingerprint density at radius 1 is 1.14 bits per heavy atom. The predicted octanol–water partition coefficient (Wildman–Crippen LogP) is 1.91. The van der Waals surface area contributed by atoms with E-state index in [4.69, 9.17) is 25.8 Å². The number of amides is 2. The number of anilines is 1. The topological polar surface area (TPSA) is 97.4 Å². The summed E-state index contributed by atoms with van der Waals surface area (Å²) in [6, 6.07) is 8.42. The Hall–Kier alpha value is -3.21. The summed E-state index contributed by atoms with van der Waals surface area (Å²) >= 11 is 5.74. The molecule has 35 heavy (non-hydrogen) atoms. The molecule has 2 aliphatic rings. The van der Waals surface area contributed by atoms with Gasteiger partial charge in [0.25, 0.3) is 5.91 Å². The Bertz CT molecular complexity index is 1110. The van der Waals surface area contributed by atoms with Crippen LogP contribution in [0.3, 0.4) is 0 Å². The van der Waals surface area contributed by atoms with Gasteiger partial charge in [0, 0.05) is 37.8 Å². The number of carbonyl (C=O) groups excluding carboxylic acids is 3. The summed E-state index contributed by atoms with van der Waals surface area (Å²) in [5, 5.41) is 2.72.